The lowest BCUT2D eigenvalue weighted by atomic mass is 10.0. The van der Waals surface area contributed by atoms with Gasteiger partial charge in [-0.2, -0.15) is 0 Å². The maximum absolute atomic E-state index is 5.66. The monoisotopic (exact) mass is 266 g/mol. The van der Waals surface area contributed by atoms with Gasteiger partial charge in [-0.25, -0.2) is 0 Å². The number of rotatable bonds is 6. The molecule has 0 aliphatic rings. The van der Waals surface area contributed by atoms with Crippen LogP contribution in [0.2, 0.25) is 0 Å². The van der Waals surface area contributed by atoms with Crippen molar-refractivity contribution in [2.24, 2.45) is 0 Å². The zero-order chi connectivity index (χ0) is 14.2. The molecule has 0 heterocycles. The van der Waals surface area contributed by atoms with Crippen LogP contribution in [0, 0.1) is 0 Å². The van der Waals surface area contributed by atoms with E-state index in [1.165, 1.54) is 11.1 Å². The zero-order valence-electron chi connectivity index (χ0n) is 12.2. The van der Waals surface area contributed by atoms with Gasteiger partial charge in [0.25, 0.3) is 0 Å². The Morgan fingerprint density at radius 3 is 2.00 bits per heavy atom. The molecule has 2 rings (SSSR count). The van der Waals surface area contributed by atoms with Gasteiger partial charge in [-0.3, -0.25) is 0 Å². The molecule has 0 aromatic heterocycles. The first-order chi connectivity index (χ1) is 9.77. The average molecular weight is 266 g/mol. The fraction of sp³-hybridized carbons (Fsp3) is 0.263. The molecule has 1 heteroatoms. The fourth-order valence-corrected chi connectivity index (χ4v) is 2.12. The van der Waals surface area contributed by atoms with E-state index in [-0.39, 0.29) is 0 Å². The second kappa shape index (κ2) is 7.54. The first-order valence-corrected chi connectivity index (χ1v) is 7.15. The predicted octanol–water partition coefficient (Wildman–Crippen LogP) is 5.12. The van der Waals surface area contributed by atoms with Crippen molar-refractivity contribution in [3.63, 3.8) is 0 Å². The minimum atomic E-state index is 0.378. The summed E-state index contributed by atoms with van der Waals surface area (Å²) in [6, 6.07) is 20.9. The van der Waals surface area contributed by atoms with Crippen LogP contribution >= 0.6 is 0 Å². The van der Waals surface area contributed by atoms with E-state index in [0.29, 0.717) is 18.4 Å². The summed E-state index contributed by atoms with van der Waals surface area (Å²) in [6.07, 6.45) is 3.93. The molecule has 2 aromatic carbocycles. The maximum atomic E-state index is 5.66. The number of allylic oxidation sites excluding steroid dienone is 1. The lowest BCUT2D eigenvalue weighted by Crippen LogP contribution is -2.01. The van der Waals surface area contributed by atoms with Crippen LogP contribution in [0.1, 0.15) is 36.8 Å². The van der Waals surface area contributed by atoms with E-state index in [9.17, 15) is 0 Å². The Morgan fingerprint density at radius 1 is 0.850 bits per heavy atom. The van der Waals surface area contributed by atoms with E-state index in [4.69, 9.17) is 4.74 Å². The van der Waals surface area contributed by atoms with Crippen molar-refractivity contribution < 1.29 is 4.74 Å². The maximum Gasteiger partial charge on any atom is 0.0938 e. The zero-order valence-corrected chi connectivity index (χ0v) is 12.2. The standard InChI is InChI=1S/C19H22O/c1-16(18-9-5-3-6-10-18)13-14-20-15-17(2)19-11-7-4-8-12-19/h3-14,16-17H,15H2,1-2H3/b14-13+. The largest absolute Gasteiger partial charge is 0.501 e. The number of hydrogen-bond acceptors (Lipinski definition) is 1. The molecule has 1 nitrogen and oxygen atoms in total. The molecule has 0 fully saturated rings. The van der Waals surface area contributed by atoms with Gasteiger partial charge in [0.1, 0.15) is 0 Å². The second-order valence-electron chi connectivity index (χ2n) is 5.17. The van der Waals surface area contributed by atoms with E-state index in [0.717, 1.165) is 0 Å². The van der Waals surface area contributed by atoms with Crippen LogP contribution in [0.25, 0.3) is 0 Å². The summed E-state index contributed by atoms with van der Waals surface area (Å²) in [6.45, 7) is 5.07. The van der Waals surface area contributed by atoms with Crippen molar-refractivity contribution >= 4 is 0 Å². The Balaban J connectivity index is 1.79. The summed E-state index contributed by atoms with van der Waals surface area (Å²) in [5.74, 6) is 0.788. The highest BCUT2D eigenvalue weighted by molar-refractivity contribution is 5.22. The third-order valence-corrected chi connectivity index (χ3v) is 3.50. The number of hydrogen-bond donors (Lipinski definition) is 0. The van der Waals surface area contributed by atoms with Crippen molar-refractivity contribution in [3.05, 3.63) is 84.1 Å². The van der Waals surface area contributed by atoms with Gasteiger partial charge in [0.2, 0.25) is 0 Å². The van der Waals surface area contributed by atoms with E-state index in [1.807, 2.05) is 18.4 Å². The molecule has 2 unspecified atom stereocenters. The summed E-state index contributed by atoms with van der Waals surface area (Å²) in [5, 5.41) is 0. The lowest BCUT2D eigenvalue weighted by Gasteiger charge is -2.11. The molecule has 104 valence electrons. The Hall–Kier alpha value is -2.02. The quantitative estimate of drug-likeness (QED) is 0.659. The SMILES string of the molecule is CC(/C=C/OCC(C)c1ccccc1)c1ccccc1. The van der Waals surface area contributed by atoms with Crippen molar-refractivity contribution in [1.29, 1.82) is 0 Å². The summed E-state index contributed by atoms with van der Waals surface area (Å²) < 4.78 is 5.66. The first kappa shape index (κ1) is 14.4. The topological polar surface area (TPSA) is 9.23 Å². The first-order valence-electron chi connectivity index (χ1n) is 7.15. The van der Waals surface area contributed by atoms with Crippen LogP contribution in [0.3, 0.4) is 0 Å². The van der Waals surface area contributed by atoms with Gasteiger partial charge in [-0.05, 0) is 17.2 Å². The van der Waals surface area contributed by atoms with Gasteiger partial charge >= 0.3 is 0 Å². The average Bonchev–Trinajstić information content (AvgIpc) is 2.53. The highest BCUT2D eigenvalue weighted by atomic mass is 16.5. The summed E-state index contributed by atoms with van der Waals surface area (Å²) in [4.78, 5) is 0. The summed E-state index contributed by atoms with van der Waals surface area (Å²) in [5.41, 5.74) is 2.63. The number of benzene rings is 2. The van der Waals surface area contributed by atoms with Gasteiger partial charge in [-0.15, -0.1) is 0 Å². The van der Waals surface area contributed by atoms with Crippen LogP contribution in [0.4, 0.5) is 0 Å². The molecule has 2 atom stereocenters. The highest BCUT2D eigenvalue weighted by Crippen LogP contribution is 2.17. The van der Waals surface area contributed by atoms with Crippen molar-refractivity contribution in [2.45, 2.75) is 25.7 Å². The molecule has 0 radical (unpaired) electrons. The molecule has 0 N–H and O–H groups in total. The number of ether oxygens (including phenoxy) is 1. The fourth-order valence-electron chi connectivity index (χ4n) is 2.12. The van der Waals surface area contributed by atoms with Gasteiger partial charge in [-0.1, -0.05) is 74.5 Å². The van der Waals surface area contributed by atoms with Crippen molar-refractivity contribution in [3.8, 4) is 0 Å². The van der Waals surface area contributed by atoms with Crippen LogP contribution in [0.5, 0.6) is 0 Å². The molecule has 2 aromatic rings. The Labute approximate surface area is 121 Å². The second-order valence-corrected chi connectivity index (χ2v) is 5.17. The summed E-state index contributed by atoms with van der Waals surface area (Å²) in [7, 11) is 0. The summed E-state index contributed by atoms with van der Waals surface area (Å²) >= 11 is 0. The van der Waals surface area contributed by atoms with E-state index in [2.05, 4.69) is 68.5 Å². The Morgan fingerprint density at radius 2 is 1.40 bits per heavy atom. The van der Waals surface area contributed by atoms with Crippen molar-refractivity contribution in [2.75, 3.05) is 6.61 Å². The molecular weight excluding hydrogens is 244 g/mol. The molecule has 0 saturated heterocycles. The molecule has 0 spiro atoms. The van der Waals surface area contributed by atoms with Crippen LogP contribution in [0.15, 0.2) is 73.0 Å². The lowest BCUT2D eigenvalue weighted by molar-refractivity contribution is 0.231. The molecule has 0 amide bonds. The van der Waals surface area contributed by atoms with Gasteiger partial charge in [0.05, 0.1) is 12.9 Å². The molecule has 0 saturated carbocycles. The van der Waals surface area contributed by atoms with E-state index >= 15 is 0 Å². The molecule has 0 aliphatic carbocycles. The Kier molecular flexibility index (Phi) is 5.43. The van der Waals surface area contributed by atoms with Gasteiger partial charge < -0.3 is 4.74 Å². The van der Waals surface area contributed by atoms with E-state index < -0.39 is 0 Å². The van der Waals surface area contributed by atoms with Gasteiger partial charge in [0, 0.05) is 11.8 Å². The minimum Gasteiger partial charge on any atom is -0.501 e. The van der Waals surface area contributed by atoms with Crippen LogP contribution in [-0.2, 0) is 4.74 Å². The molecule has 20 heavy (non-hydrogen) atoms. The van der Waals surface area contributed by atoms with Crippen LogP contribution in [-0.4, -0.2) is 6.61 Å². The normalized spacial score (nSPS) is 14.1. The smallest absolute Gasteiger partial charge is 0.0938 e. The molecular formula is C19H22O. The Bertz CT molecular complexity index is 516. The van der Waals surface area contributed by atoms with Gasteiger partial charge in [0.15, 0.2) is 0 Å². The predicted molar refractivity (Wildman–Crippen MR) is 84.8 cm³/mol. The minimum absolute atomic E-state index is 0.378. The molecule has 0 bridgehead atoms. The van der Waals surface area contributed by atoms with E-state index in [1.54, 1.807) is 0 Å². The third kappa shape index (κ3) is 4.27. The third-order valence-electron chi connectivity index (χ3n) is 3.50. The van der Waals surface area contributed by atoms with Crippen LogP contribution < -0.4 is 0 Å². The molecule has 0 aliphatic heterocycles. The highest BCUT2D eigenvalue weighted by Gasteiger charge is 2.04. The van der Waals surface area contributed by atoms with Crippen molar-refractivity contribution in [1.82, 2.24) is 0 Å².